The fraction of sp³-hybridized carbons (Fsp3) is 0.929. The van der Waals surface area contributed by atoms with Gasteiger partial charge in [0.2, 0.25) is 0 Å². The summed E-state index contributed by atoms with van der Waals surface area (Å²) in [4.78, 5) is 11.4. The topological polar surface area (TPSA) is 37.3 Å². The summed E-state index contributed by atoms with van der Waals surface area (Å²) in [6.07, 6.45) is 5.49. The van der Waals surface area contributed by atoms with E-state index in [2.05, 4.69) is 13.8 Å². The summed E-state index contributed by atoms with van der Waals surface area (Å²) in [5.74, 6) is 0.113. The van der Waals surface area contributed by atoms with Gasteiger partial charge in [-0.15, -0.1) is 0 Å². The second-order valence-corrected chi connectivity index (χ2v) is 5.50. The molecule has 0 saturated carbocycles. The maximum atomic E-state index is 11.4. The molecule has 0 aliphatic rings. The monoisotopic (exact) mass is 228 g/mol. The maximum Gasteiger partial charge on any atom is 0.309 e. The zero-order chi connectivity index (χ0) is 12.8. The van der Waals surface area contributed by atoms with Crippen LogP contribution in [0.1, 0.15) is 66.7 Å². The second kappa shape index (κ2) is 6.93. The van der Waals surface area contributed by atoms with Crippen LogP contribution >= 0.6 is 0 Å². The number of carbonyl (C=O) groups is 1. The Labute approximate surface area is 100 Å². The summed E-state index contributed by atoms with van der Waals surface area (Å²) < 4.78 is 0. The summed E-state index contributed by atoms with van der Waals surface area (Å²) >= 11 is 0. The standard InChI is InChI=1S/C14H28O2/c1-6-8-9-12(7-2)10-14(5,11(3)4)13(15)16/h11-12H,6-10H2,1-5H3,(H,15,16). The molecule has 0 saturated heterocycles. The second-order valence-electron chi connectivity index (χ2n) is 5.50. The normalized spacial score (nSPS) is 17.1. The van der Waals surface area contributed by atoms with E-state index in [9.17, 15) is 9.90 Å². The van der Waals surface area contributed by atoms with Gasteiger partial charge in [0.1, 0.15) is 0 Å². The first-order valence-corrected chi connectivity index (χ1v) is 6.61. The zero-order valence-electron chi connectivity index (χ0n) is 11.5. The van der Waals surface area contributed by atoms with Gasteiger partial charge in [0.05, 0.1) is 5.41 Å². The highest BCUT2D eigenvalue weighted by Gasteiger charge is 2.38. The van der Waals surface area contributed by atoms with Crippen LogP contribution in [0.4, 0.5) is 0 Å². The van der Waals surface area contributed by atoms with Crippen LogP contribution in [-0.2, 0) is 4.79 Å². The number of aliphatic carboxylic acids is 1. The number of rotatable bonds is 8. The lowest BCUT2D eigenvalue weighted by Gasteiger charge is -2.32. The summed E-state index contributed by atoms with van der Waals surface area (Å²) in [7, 11) is 0. The average Bonchev–Trinajstić information content (AvgIpc) is 2.23. The zero-order valence-corrected chi connectivity index (χ0v) is 11.5. The van der Waals surface area contributed by atoms with Crippen molar-refractivity contribution in [3.8, 4) is 0 Å². The molecule has 0 radical (unpaired) electrons. The minimum absolute atomic E-state index is 0.195. The lowest BCUT2D eigenvalue weighted by Crippen LogP contribution is -2.35. The molecule has 0 aromatic rings. The molecule has 96 valence electrons. The first kappa shape index (κ1) is 15.5. The van der Waals surface area contributed by atoms with Crippen molar-refractivity contribution in [2.45, 2.75) is 66.7 Å². The Morgan fingerprint density at radius 1 is 1.31 bits per heavy atom. The fourth-order valence-electron chi connectivity index (χ4n) is 2.11. The van der Waals surface area contributed by atoms with E-state index < -0.39 is 11.4 Å². The smallest absolute Gasteiger partial charge is 0.309 e. The predicted octanol–water partition coefficient (Wildman–Crippen LogP) is 4.34. The van der Waals surface area contributed by atoms with E-state index in [4.69, 9.17) is 0 Å². The number of unbranched alkanes of at least 4 members (excludes halogenated alkanes) is 1. The van der Waals surface area contributed by atoms with Crippen LogP contribution in [0.25, 0.3) is 0 Å². The quantitative estimate of drug-likeness (QED) is 0.671. The van der Waals surface area contributed by atoms with Crippen molar-refractivity contribution in [3.63, 3.8) is 0 Å². The first-order valence-electron chi connectivity index (χ1n) is 6.61. The van der Waals surface area contributed by atoms with Gasteiger partial charge in [0.25, 0.3) is 0 Å². The summed E-state index contributed by atoms with van der Waals surface area (Å²) in [6, 6.07) is 0. The molecule has 0 amide bonds. The van der Waals surface area contributed by atoms with Crippen molar-refractivity contribution >= 4 is 5.97 Å². The molecule has 2 atom stereocenters. The molecule has 0 aliphatic carbocycles. The van der Waals surface area contributed by atoms with E-state index in [1.807, 2.05) is 20.8 Å². The van der Waals surface area contributed by atoms with Crippen LogP contribution in [0.2, 0.25) is 0 Å². The van der Waals surface area contributed by atoms with Gasteiger partial charge >= 0.3 is 5.97 Å². The molecule has 0 aliphatic heterocycles. The van der Waals surface area contributed by atoms with E-state index in [-0.39, 0.29) is 5.92 Å². The Bertz CT molecular complexity index is 211. The van der Waals surface area contributed by atoms with Crippen molar-refractivity contribution in [3.05, 3.63) is 0 Å². The van der Waals surface area contributed by atoms with E-state index >= 15 is 0 Å². The number of hydrogen-bond acceptors (Lipinski definition) is 1. The Morgan fingerprint density at radius 2 is 1.88 bits per heavy atom. The molecule has 1 N–H and O–H groups in total. The molecule has 0 spiro atoms. The van der Waals surface area contributed by atoms with Crippen LogP contribution in [0.3, 0.4) is 0 Å². The Hall–Kier alpha value is -0.530. The van der Waals surface area contributed by atoms with Crippen LogP contribution < -0.4 is 0 Å². The Kier molecular flexibility index (Phi) is 6.70. The number of carboxylic acids is 1. The van der Waals surface area contributed by atoms with Gasteiger partial charge in [0.15, 0.2) is 0 Å². The largest absolute Gasteiger partial charge is 0.481 e. The molecule has 0 aromatic carbocycles. The van der Waals surface area contributed by atoms with Gasteiger partial charge in [-0.05, 0) is 25.2 Å². The molecular formula is C14H28O2. The minimum atomic E-state index is -0.641. The van der Waals surface area contributed by atoms with E-state index in [0.717, 1.165) is 12.8 Å². The molecule has 16 heavy (non-hydrogen) atoms. The summed E-state index contributed by atoms with van der Waals surface area (Å²) in [6.45, 7) is 10.3. The first-order chi connectivity index (χ1) is 7.38. The third-order valence-electron chi connectivity index (χ3n) is 4.02. The minimum Gasteiger partial charge on any atom is -0.481 e. The maximum absolute atomic E-state index is 11.4. The van der Waals surface area contributed by atoms with Crippen LogP contribution in [0.15, 0.2) is 0 Å². The summed E-state index contributed by atoms with van der Waals surface area (Å²) in [5, 5.41) is 9.37. The molecule has 2 unspecified atom stereocenters. The molecule has 0 heterocycles. The lowest BCUT2D eigenvalue weighted by atomic mass is 9.71. The predicted molar refractivity (Wildman–Crippen MR) is 68.5 cm³/mol. The Balaban J connectivity index is 4.53. The van der Waals surface area contributed by atoms with E-state index in [0.29, 0.717) is 5.92 Å². The van der Waals surface area contributed by atoms with Crippen LogP contribution in [0.5, 0.6) is 0 Å². The number of carboxylic acid groups (broad SMARTS) is 1. The highest BCUT2D eigenvalue weighted by molar-refractivity contribution is 5.74. The third kappa shape index (κ3) is 4.15. The highest BCUT2D eigenvalue weighted by atomic mass is 16.4. The molecular weight excluding hydrogens is 200 g/mol. The molecule has 0 fully saturated rings. The van der Waals surface area contributed by atoms with Crippen molar-refractivity contribution in [2.24, 2.45) is 17.3 Å². The van der Waals surface area contributed by atoms with Gasteiger partial charge in [-0.1, -0.05) is 53.4 Å². The van der Waals surface area contributed by atoms with Crippen molar-refractivity contribution in [1.82, 2.24) is 0 Å². The SMILES string of the molecule is CCCCC(CC)CC(C)(C(=O)O)C(C)C. The molecule has 2 nitrogen and oxygen atoms in total. The van der Waals surface area contributed by atoms with Gasteiger partial charge in [-0.3, -0.25) is 4.79 Å². The van der Waals surface area contributed by atoms with Crippen LogP contribution in [0, 0.1) is 17.3 Å². The Morgan fingerprint density at radius 3 is 2.19 bits per heavy atom. The highest BCUT2D eigenvalue weighted by Crippen LogP contribution is 2.37. The van der Waals surface area contributed by atoms with E-state index in [1.54, 1.807) is 0 Å². The number of hydrogen-bond donors (Lipinski definition) is 1. The van der Waals surface area contributed by atoms with Crippen molar-refractivity contribution < 1.29 is 9.90 Å². The van der Waals surface area contributed by atoms with Crippen molar-refractivity contribution in [1.29, 1.82) is 0 Å². The van der Waals surface area contributed by atoms with Crippen LogP contribution in [-0.4, -0.2) is 11.1 Å². The average molecular weight is 228 g/mol. The van der Waals surface area contributed by atoms with Crippen molar-refractivity contribution in [2.75, 3.05) is 0 Å². The fourth-order valence-corrected chi connectivity index (χ4v) is 2.11. The van der Waals surface area contributed by atoms with Gasteiger partial charge in [-0.2, -0.15) is 0 Å². The molecule has 0 bridgehead atoms. The van der Waals surface area contributed by atoms with Gasteiger partial charge in [0, 0.05) is 0 Å². The van der Waals surface area contributed by atoms with Gasteiger partial charge in [-0.25, -0.2) is 0 Å². The van der Waals surface area contributed by atoms with Gasteiger partial charge < -0.3 is 5.11 Å². The molecule has 2 heteroatoms. The van der Waals surface area contributed by atoms with E-state index in [1.165, 1.54) is 19.3 Å². The molecule has 0 rings (SSSR count). The summed E-state index contributed by atoms with van der Waals surface area (Å²) in [5.41, 5.74) is -0.561. The third-order valence-corrected chi connectivity index (χ3v) is 4.02. The molecule has 0 aromatic heterocycles. The lowest BCUT2D eigenvalue weighted by molar-refractivity contribution is -0.152.